The minimum absolute atomic E-state index is 0.0594. The number of hydrogen-bond acceptors (Lipinski definition) is 8. The Kier molecular flexibility index (Phi) is 7.31. The molecule has 8 rings (SSSR count). The monoisotopic (exact) mass is 610 g/mol. The van der Waals surface area contributed by atoms with Gasteiger partial charge in [-0.2, -0.15) is 0 Å². The predicted octanol–water partition coefficient (Wildman–Crippen LogP) is 3.70. The minimum atomic E-state index is -0.616. The lowest BCUT2D eigenvalue weighted by molar-refractivity contribution is -0.136. The highest BCUT2D eigenvalue weighted by Crippen LogP contribution is 2.40. The Balaban J connectivity index is 0.876. The Bertz CT molecular complexity index is 1670. The molecule has 0 saturated carbocycles. The molecule has 234 valence electrons. The van der Waals surface area contributed by atoms with Gasteiger partial charge >= 0.3 is 0 Å². The maximum absolute atomic E-state index is 13.0. The summed E-state index contributed by atoms with van der Waals surface area (Å²) < 4.78 is 18.2. The first kappa shape index (κ1) is 28.6. The quantitative estimate of drug-likeness (QED) is 0.421. The molecule has 4 saturated heterocycles. The van der Waals surface area contributed by atoms with Crippen LogP contribution in [0, 0.1) is 0 Å². The normalized spacial score (nSPS) is 28.7. The molecule has 1 aromatic heterocycles. The molecule has 3 amide bonds. The van der Waals surface area contributed by atoms with Crippen LogP contribution in [0.25, 0.3) is 10.9 Å². The van der Waals surface area contributed by atoms with E-state index < -0.39 is 11.9 Å². The molecule has 45 heavy (non-hydrogen) atoms. The van der Waals surface area contributed by atoms with Crippen LogP contribution < -0.4 is 10.1 Å². The number of benzene rings is 2. The van der Waals surface area contributed by atoms with Crippen molar-refractivity contribution in [2.24, 2.45) is 0 Å². The zero-order valence-corrected chi connectivity index (χ0v) is 25.3. The second-order valence-corrected chi connectivity index (χ2v) is 13.3. The van der Waals surface area contributed by atoms with Crippen molar-refractivity contribution in [3.05, 3.63) is 70.9 Å². The first-order chi connectivity index (χ1) is 21.9. The highest BCUT2D eigenvalue weighted by Gasteiger charge is 2.42. The number of aromatic nitrogens is 1. The fourth-order valence-electron chi connectivity index (χ4n) is 7.77. The van der Waals surface area contributed by atoms with Crippen LogP contribution in [0.4, 0.5) is 0 Å². The molecular formula is C35H38N4O6. The molecule has 2 aromatic carbocycles. The van der Waals surface area contributed by atoms with Crippen molar-refractivity contribution >= 4 is 28.6 Å². The van der Waals surface area contributed by atoms with Gasteiger partial charge in [0.2, 0.25) is 11.8 Å². The van der Waals surface area contributed by atoms with Gasteiger partial charge in [0.1, 0.15) is 17.9 Å². The van der Waals surface area contributed by atoms with E-state index in [2.05, 4.69) is 40.5 Å². The van der Waals surface area contributed by atoms with E-state index in [1.807, 2.05) is 12.1 Å². The predicted molar refractivity (Wildman–Crippen MR) is 165 cm³/mol. The second kappa shape index (κ2) is 11.5. The molecule has 2 unspecified atom stereocenters. The molecule has 1 N–H and O–H groups in total. The lowest BCUT2D eigenvalue weighted by Gasteiger charge is -2.36. The molecule has 0 aliphatic carbocycles. The van der Waals surface area contributed by atoms with Crippen LogP contribution in [-0.4, -0.2) is 83.2 Å². The smallest absolute Gasteiger partial charge is 0.255 e. The number of imide groups is 1. The summed E-state index contributed by atoms with van der Waals surface area (Å²) in [5.41, 5.74) is 4.78. The number of hydrogen-bond donors (Lipinski definition) is 1. The van der Waals surface area contributed by atoms with Gasteiger partial charge in [-0.1, -0.05) is 12.1 Å². The van der Waals surface area contributed by atoms with Gasteiger partial charge in [-0.3, -0.25) is 29.6 Å². The number of piperidine rings is 1. The van der Waals surface area contributed by atoms with Crippen LogP contribution in [0.3, 0.4) is 0 Å². The van der Waals surface area contributed by atoms with Gasteiger partial charge < -0.3 is 19.1 Å². The third-order valence-electron chi connectivity index (χ3n) is 10.2. The molecule has 3 aromatic rings. The van der Waals surface area contributed by atoms with Crippen LogP contribution in [0.1, 0.15) is 71.6 Å². The zero-order chi connectivity index (χ0) is 30.5. The molecule has 0 radical (unpaired) electrons. The Hall–Kier alpha value is -3.86. The Morgan fingerprint density at radius 3 is 2.82 bits per heavy atom. The highest BCUT2D eigenvalue weighted by atomic mass is 16.6. The van der Waals surface area contributed by atoms with Gasteiger partial charge in [0.25, 0.3) is 5.91 Å². The molecule has 0 bridgehead atoms. The molecule has 4 fully saturated rings. The van der Waals surface area contributed by atoms with Crippen LogP contribution in [0.2, 0.25) is 0 Å². The summed E-state index contributed by atoms with van der Waals surface area (Å²) in [6.07, 6.45) is 4.54. The fraction of sp³-hybridized carbons (Fsp3) is 0.486. The van der Waals surface area contributed by atoms with Crippen molar-refractivity contribution in [1.29, 1.82) is 0 Å². The maximum Gasteiger partial charge on any atom is 0.255 e. The molecule has 5 aliphatic rings. The molecule has 10 heteroatoms. The van der Waals surface area contributed by atoms with Gasteiger partial charge in [-0.25, -0.2) is 0 Å². The van der Waals surface area contributed by atoms with Crippen LogP contribution >= 0.6 is 0 Å². The van der Waals surface area contributed by atoms with Gasteiger partial charge in [-0.05, 0) is 73.2 Å². The topological polar surface area (TPSA) is 110 Å². The molecule has 1 spiro atoms. The zero-order valence-electron chi connectivity index (χ0n) is 25.3. The number of nitrogens with zero attached hydrogens (tertiary/aromatic N) is 3. The summed E-state index contributed by atoms with van der Waals surface area (Å²) in [6, 6.07) is 15.9. The lowest BCUT2D eigenvalue weighted by atomic mass is 9.83. The number of amides is 3. The molecule has 6 heterocycles. The molecule has 10 nitrogen and oxygen atoms in total. The lowest BCUT2D eigenvalue weighted by Crippen LogP contribution is -2.52. The second-order valence-electron chi connectivity index (χ2n) is 13.3. The number of rotatable bonds is 6. The molecular weight excluding hydrogens is 572 g/mol. The van der Waals surface area contributed by atoms with Gasteiger partial charge in [0.15, 0.2) is 0 Å². The van der Waals surface area contributed by atoms with Crippen LogP contribution in [0.15, 0.2) is 48.5 Å². The Morgan fingerprint density at radius 1 is 1.02 bits per heavy atom. The van der Waals surface area contributed by atoms with Gasteiger partial charge in [0.05, 0.1) is 17.7 Å². The van der Waals surface area contributed by atoms with Crippen LogP contribution in [-0.2, 0) is 32.2 Å². The standard InChI is InChI=1S/C35H38N4O6/c40-32-8-7-31(33(41)37-32)39-19-25-16-26(3-4-28(25)34(39)42)45-27-9-12-38(20-27)18-22-1-5-29-23(15-22)2-6-30(36-29)24-10-13-44-35(17-24)11-14-43-21-35/h1-6,15-16,24,27,31H,7-14,17-21H2,(H,37,40,41)/t24?,27-,31-,35?/m0/s1. The van der Waals surface area contributed by atoms with Crippen molar-refractivity contribution < 1.29 is 28.6 Å². The van der Waals surface area contributed by atoms with Crippen molar-refractivity contribution in [3.63, 3.8) is 0 Å². The summed E-state index contributed by atoms with van der Waals surface area (Å²) in [5, 5.41) is 3.51. The number of ether oxygens (including phenoxy) is 3. The minimum Gasteiger partial charge on any atom is -0.489 e. The molecule has 4 atom stereocenters. The number of carbonyl (C=O) groups excluding carboxylic acids is 3. The van der Waals surface area contributed by atoms with Crippen molar-refractivity contribution in [2.75, 3.05) is 32.9 Å². The fourth-order valence-corrected chi connectivity index (χ4v) is 7.77. The third-order valence-corrected chi connectivity index (χ3v) is 10.2. The SMILES string of the molecule is O=C1CC[C@H](N2Cc3cc(O[C@H]4CCN(Cc5ccc6nc(C7CCOC8(CCOC8)C7)ccc6c5)C4)ccc3C2=O)C(=O)N1. The van der Waals surface area contributed by atoms with E-state index in [0.717, 1.165) is 86.4 Å². The average Bonchev–Trinajstić information content (AvgIpc) is 3.76. The van der Waals surface area contributed by atoms with E-state index >= 15 is 0 Å². The van der Waals surface area contributed by atoms with E-state index in [1.165, 1.54) is 5.56 Å². The number of fused-ring (bicyclic) bond motifs is 2. The van der Waals surface area contributed by atoms with Gasteiger partial charge in [-0.15, -0.1) is 0 Å². The number of carbonyl (C=O) groups is 3. The first-order valence-corrected chi connectivity index (χ1v) is 16.2. The van der Waals surface area contributed by atoms with Crippen molar-refractivity contribution in [1.82, 2.24) is 20.1 Å². The first-order valence-electron chi connectivity index (χ1n) is 16.2. The van der Waals surface area contributed by atoms with Crippen molar-refractivity contribution in [2.45, 2.75) is 75.3 Å². The van der Waals surface area contributed by atoms with E-state index in [4.69, 9.17) is 19.2 Å². The summed E-state index contributed by atoms with van der Waals surface area (Å²) in [6.45, 7) is 5.21. The van der Waals surface area contributed by atoms with Crippen molar-refractivity contribution in [3.8, 4) is 5.75 Å². The highest BCUT2D eigenvalue weighted by molar-refractivity contribution is 6.05. The van der Waals surface area contributed by atoms with E-state index in [-0.39, 0.29) is 29.9 Å². The summed E-state index contributed by atoms with van der Waals surface area (Å²) >= 11 is 0. The Morgan fingerprint density at radius 2 is 1.96 bits per heavy atom. The summed E-state index contributed by atoms with van der Waals surface area (Å²) in [5.74, 6) is 0.289. The average molecular weight is 611 g/mol. The Labute approximate surface area is 262 Å². The van der Waals surface area contributed by atoms with E-state index in [1.54, 1.807) is 11.0 Å². The summed E-state index contributed by atoms with van der Waals surface area (Å²) in [7, 11) is 0. The van der Waals surface area contributed by atoms with E-state index in [9.17, 15) is 14.4 Å². The maximum atomic E-state index is 13.0. The number of likely N-dealkylation sites (tertiary alicyclic amines) is 1. The summed E-state index contributed by atoms with van der Waals surface area (Å²) in [4.78, 5) is 46.0. The number of nitrogens with one attached hydrogen (secondary N) is 1. The number of pyridine rings is 1. The molecule has 5 aliphatic heterocycles. The largest absolute Gasteiger partial charge is 0.489 e. The van der Waals surface area contributed by atoms with E-state index in [0.29, 0.717) is 31.1 Å². The third kappa shape index (κ3) is 5.60. The van der Waals surface area contributed by atoms with Crippen LogP contribution in [0.5, 0.6) is 5.75 Å². The van der Waals surface area contributed by atoms with Gasteiger partial charge in [0, 0.05) is 74.8 Å².